The van der Waals surface area contributed by atoms with E-state index in [1.165, 1.54) is 51.4 Å². The van der Waals surface area contributed by atoms with Crippen molar-refractivity contribution in [3.05, 3.63) is 0 Å². The van der Waals surface area contributed by atoms with Crippen molar-refractivity contribution in [2.75, 3.05) is 0 Å². The standard InChI is InChI=1S/C15H28O/c1-2-12-6-5-8-13(10-12)14-7-3-4-9-15(16)11-14/h12-16H,2-11H2,1H3. The SMILES string of the molecule is CCC1CCCC(C2CCCCC(O)C2)C1. The highest BCUT2D eigenvalue weighted by Crippen LogP contribution is 2.40. The summed E-state index contributed by atoms with van der Waals surface area (Å²) in [6.45, 7) is 2.34. The zero-order valence-electron chi connectivity index (χ0n) is 10.8. The van der Waals surface area contributed by atoms with Gasteiger partial charge in [-0.3, -0.25) is 0 Å². The maximum Gasteiger partial charge on any atom is 0.0543 e. The quantitative estimate of drug-likeness (QED) is 0.699. The summed E-state index contributed by atoms with van der Waals surface area (Å²) in [5.41, 5.74) is 0. The summed E-state index contributed by atoms with van der Waals surface area (Å²) in [5, 5.41) is 9.91. The van der Waals surface area contributed by atoms with Gasteiger partial charge in [0.05, 0.1) is 6.10 Å². The molecule has 0 saturated heterocycles. The first-order valence-electron chi connectivity index (χ1n) is 7.47. The molecule has 0 aliphatic heterocycles. The Bertz CT molecular complexity index is 202. The summed E-state index contributed by atoms with van der Waals surface area (Å²) < 4.78 is 0. The van der Waals surface area contributed by atoms with Gasteiger partial charge in [0.15, 0.2) is 0 Å². The summed E-state index contributed by atoms with van der Waals surface area (Å²) >= 11 is 0. The average Bonchev–Trinajstić information content (AvgIpc) is 2.54. The third-order valence-electron chi connectivity index (χ3n) is 5.00. The average molecular weight is 224 g/mol. The minimum Gasteiger partial charge on any atom is -0.393 e. The van der Waals surface area contributed by atoms with E-state index in [9.17, 15) is 5.11 Å². The van der Waals surface area contributed by atoms with E-state index in [1.54, 1.807) is 0 Å². The lowest BCUT2D eigenvalue weighted by Gasteiger charge is -2.34. The van der Waals surface area contributed by atoms with E-state index in [-0.39, 0.29) is 6.10 Å². The zero-order chi connectivity index (χ0) is 11.4. The first-order valence-corrected chi connectivity index (χ1v) is 7.47. The van der Waals surface area contributed by atoms with Gasteiger partial charge < -0.3 is 5.11 Å². The van der Waals surface area contributed by atoms with Crippen molar-refractivity contribution in [2.45, 2.75) is 77.2 Å². The second-order valence-corrected chi connectivity index (χ2v) is 6.14. The van der Waals surface area contributed by atoms with Crippen molar-refractivity contribution in [2.24, 2.45) is 17.8 Å². The Morgan fingerprint density at radius 1 is 0.875 bits per heavy atom. The minimum atomic E-state index is 0.00880. The van der Waals surface area contributed by atoms with Gasteiger partial charge in [0.25, 0.3) is 0 Å². The van der Waals surface area contributed by atoms with E-state index in [0.29, 0.717) is 0 Å². The van der Waals surface area contributed by atoms with Crippen LogP contribution in [0, 0.1) is 17.8 Å². The van der Waals surface area contributed by atoms with Crippen LogP contribution in [-0.2, 0) is 0 Å². The molecule has 0 aromatic carbocycles. The van der Waals surface area contributed by atoms with Gasteiger partial charge in [-0.2, -0.15) is 0 Å². The molecule has 2 aliphatic rings. The molecule has 0 bridgehead atoms. The molecule has 0 aromatic rings. The van der Waals surface area contributed by atoms with E-state index in [1.807, 2.05) is 0 Å². The Morgan fingerprint density at radius 2 is 1.56 bits per heavy atom. The molecule has 2 aliphatic carbocycles. The number of hydrogen-bond donors (Lipinski definition) is 1. The topological polar surface area (TPSA) is 20.2 Å². The monoisotopic (exact) mass is 224 g/mol. The largest absolute Gasteiger partial charge is 0.393 e. The Kier molecular flexibility index (Phi) is 4.69. The molecule has 2 saturated carbocycles. The number of aliphatic hydroxyl groups excluding tert-OH is 1. The molecule has 0 spiro atoms. The molecule has 94 valence electrons. The third kappa shape index (κ3) is 3.23. The van der Waals surface area contributed by atoms with E-state index < -0.39 is 0 Å². The van der Waals surface area contributed by atoms with Crippen LogP contribution in [0.5, 0.6) is 0 Å². The molecule has 16 heavy (non-hydrogen) atoms. The number of aliphatic hydroxyl groups is 1. The molecule has 2 rings (SSSR count). The molecule has 0 amide bonds. The molecule has 1 N–H and O–H groups in total. The lowest BCUT2D eigenvalue weighted by Crippen LogP contribution is -2.24. The Labute approximate surface area is 101 Å². The predicted octanol–water partition coefficient (Wildman–Crippen LogP) is 4.14. The van der Waals surface area contributed by atoms with Crippen LogP contribution in [0.3, 0.4) is 0 Å². The van der Waals surface area contributed by atoms with Gasteiger partial charge in [0, 0.05) is 0 Å². The van der Waals surface area contributed by atoms with Crippen molar-refractivity contribution in [3.63, 3.8) is 0 Å². The third-order valence-corrected chi connectivity index (χ3v) is 5.00. The van der Waals surface area contributed by atoms with Crippen LogP contribution in [0.2, 0.25) is 0 Å². The first kappa shape index (κ1) is 12.4. The lowest BCUT2D eigenvalue weighted by atomic mass is 9.72. The smallest absolute Gasteiger partial charge is 0.0543 e. The Hall–Kier alpha value is -0.0400. The molecule has 1 heteroatoms. The normalized spacial score (nSPS) is 41.6. The van der Waals surface area contributed by atoms with Gasteiger partial charge in [0.1, 0.15) is 0 Å². The van der Waals surface area contributed by atoms with E-state index in [4.69, 9.17) is 0 Å². The summed E-state index contributed by atoms with van der Waals surface area (Å²) in [6.07, 6.45) is 13.3. The molecule has 0 heterocycles. The van der Waals surface area contributed by atoms with Crippen LogP contribution in [0.15, 0.2) is 0 Å². The van der Waals surface area contributed by atoms with Gasteiger partial charge in [-0.1, -0.05) is 51.9 Å². The Morgan fingerprint density at radius 3 is 2.38 bits per heavy atom. The van der Waals surface area contributed by atoms with Crippen LogP contribution in [-0.4, -0.2) is 11.2 Å². The predicted molar refractivity (Wildman–Crippen MR) is 68.3 cm³/mol. The van der Waals surface area contributed by atoms with Crippen LogP contribution < -0.4 is 0 Å². The maximum atomic E-state index is 9.91. The summed E-state index contributed by atoms with van der Waals surface area (Å²) in [4.78, 5) is 0. The van der Waals surface area contributed by atoms with Gasteiger partial charge in [-0.25, -0.2) is 0 Å². The molecule has 0 radical (unpaired) electrons. The zero-order valence-corrected chi connectivity index (χ0v) is 10.8. The minimum absolute atomic E-state index is 0.00880. The molecule has 0 aromatic heterocycles. The van der Waals surface area contributed by atoms with Crippen molar-refractivity contribution in [1.82, 2.24) is 0 Å². The molecule has 1 nitrogen and oxygen atoms in total. The van der Waals surface area contributed by atoms with E-state index in [2.05, 4.69) is 6.92 Å². The van der Waals surface area contributed by atoms with E-state index in [0.717, 1.165) is 30.6 Å². The number of hydrogen-bond acceptors (Lipinski definition) is 1. The van der Waals surface area contributed by atoms with Crippen LogP contribution >= 0.6 is 0 Å². The van der Waals surface area contributed by atoms with Gasteiger partial charge in [-0.15, -0.1) is 0 Å². The van der Waals surface area contributed by atoms with Gasteiger partial charge in [0.2, 0.25) is 0 Å². The summed E-state index contributed by atoms with van der Waals surface area (Å²) in [6, 6.07) is 0. The van der Waals surface area contributed by atoms with Crippen molar-refractivity contribution in [3.8, 4) is 0 Å². The fraction of sp³-hybridized carbons (Fsp3) is 1.00. The van der Waals surface area contributed by atoms with Crippen LogP contribution in [0.1, 0.15) is 71.1 Å². The van der Waals surface area contributed by atoms with Crippen molar-refractivity contribution >= 4 is 0 Å². The lowest BCUT2D eigenvalue weighted by molar-refractivity contribution is 0.105. The highest BCUT2D eigenvalue weighted by Gasteiger charge is 2.29. The fourth-order valence-electron chi connectivity index (χ4n) is 3.93. The van der Waals surface area contributed by atoms with Gasteiger partial charge in [-0.05, 0) is 37.0 Å². The fourth-order valence-corrected chi connectivity index (χ4v) is 3.93. The molecular weight excluding hydrogens is 196 g/mol. The van der Waals surface area contributed by atoms with E-state index >= 15 is 0 Å². The summed E-state index contributed by atoms with van der Waals surface area (Å²) in [5.74, 6) is 2.76. The Balaban J connectivity index is 1.89. The summed E-state index contributed by atoms with van der Waals surface area (Å²) in [7, 11) is 0. The highest BCUT2D eigenvalue weighted by molar-refractivity contribution is 4.81. The van der Waals surface area contributed by atoms with Crippen LogP contribution in [0.4, 0.5) is 0 Å². The highest BCUT2D eigenvalue weighted by atomic mass is 16.3. The molecular formula is C15H28O. The van der Waals surface area contributed by atoms with Crippen molar-refractivity contribution < 1.29 is 5.11 Å². The van der Waals surface area contributed by atoms with Crippen molar-refractivity contribution in [1.29, 1.82) is 0 Å². The molecule has 2 fully saturated rings. The number of rotatable bonds is 2. The first-order chi connectivity index (χ1) is 7.79. The maximum absolute atomic E-state index is 9.91. The van der Waals surface area contributed by atoms with Crippen LogP contribution in [0.25, 0.3) is 0 Å². The molecule has 4 atom stereocenters. The molecule has 4 unspecified atom stereocenters. The second-order valence-electron chi connectivity index (χ2n) is 6.14. The van der Waals surface area contributed by atoms with Gasteiger partial charge >= 0.3 is 0 Å². The second kappa shape index (κ2) is 6.05.